The van der Waals surface area contributed by atoms with Gasteiger partial charge in [-0.05, 0) is 13.0 Å². The van der Waals surface area contributed by atoms with E-state index in [1.54, 1.807) is 19.2 Å². The number of aryl methyl sites for hydroxylation is 1. The molecule has 0 aliphatic rings. The first-order chi connectivity index (χ1) is 5.27. The van der Waals surface area contributed by atoms with Crippen LogP contribution in [0.3, 0.4) is 0 Å². The van der Waals surface area contributed by atoms with Gasteiger partial charge < -0.3 is 4.74 Å². The fraction of sp³-hybridized carbons (Fsp3) is 0.286. The van der Waals surface area contributed by atoms with Gasteiger partial charge in [0.2, 0.25) is 5.88 Å². The van der Waals surface area contributed by atoms with E-state index in [0.717, 1.165) is 11.4 Å². The summed E-state index contributed by atoms with van der Waals surface area (Å²) in [4.78, 5) is 4.08. The lowest BCUT2D eigenvalue weighted by Gasteiger charge is -2.00. The van der Waals surface area contributed by atoms with Gasteiger partial charge >= 0.3 is 0 Å². The molecule has 0 saturated carbocycles. The van der Waals surface area contributed by atoms with Crippen LogP contribution in [-0.4, -0.2) is 12.1 Å². The highest BCUT2D eigenvalue weighted by Crippen LogP contribution is 2.18. The number of methoxy groups -OCH3 is 1. The van der Waals surface area contributed by atoms with Crippen LogP contribution in [0.4, 0.5) is 5.69 Å². The van der Waals surface area contributed by atoms with Crippen molar-refractivity contribution in [1.82, 2.24) is 4.98 Å². The number of ether oxygens (including phenoxy) is 1. The lowest BCUT2D eigenvalue weighted by atomic mass is 10.3. The van der Waals surface area contributed by atoms with E-state index in [4.69, 9.17) is 4.74 Å². The second kappa shape index (κ2) is 3.39. The summed E-state index contributed by atoms with van der Waals surface area (Å²) in [5, 5.41) is 0. The normalized spacial score (nSPS) is 9.27. The first-order valence-electron chi connectivity index (χ1n) is 3.13. The maximum absolute atomic E-state index is 4.91. The molecular formula is C7H8N2OS. The van der Waals surface area contributed by atoms with Crippen LogP contribution in [0.25, 0.3) is 0 Å². The molecule has 0 amide bonds. The average Bonchev–Trinajstić information content (AvgIpc) is 2.04. The third kappa shape index (κ3) is 1.71. The fourth-order valence-corrected chi connectivity index (χ4v) is 0.934. The zero-order valence-electron chi connectivity index (χ0n) is 6.37. The van der Waals surface area contributed by atoms with Crippen molar-refractivity contribution in [1.29, 1.82) is 0 Å². The Kier molecular flexibility index (Phi) is 2.48. The van der Waals surface area contributed by atoms with Gasteiger partial charge in [0.05, 0.1) is 18.5 Å². The predicted octanol–water partition coefficient (Wildman–Crippen LogP) is 1.76. The molecule has 1 aromatic heterocycles. The van der Waals surface area contributed by atoms with Gasteiger partial charge in [-0.3, -0.25) is 0 Å². The van der Waals surface area contributed by atoms with Crippen LogP contribution in [0, 0.1) is 6.92 Å². The molecule has 1 rings (SSSR count). The van der Waals surface area contributed by atoms with E-state index < -0.39 is 0 Å². The van der Waals surface area contributed by atoms with Crippen LogP contribution in [0.1, 0.15) is 5.69 Å². The zero-order chi connectivity index (χ0) is 8.27. The third-order valence-corrected chi connectivity index (χ3v) is 1.54. The SMILES string of the molecule is COc1ccc(N=S)c(C)n1. The van der Waals surface area contributed by atoms with Crippen molar-refractivity contribution < 1.29 is 4.74 Å². The highest BCUT2D eigenvalue weighted by molar-refractivity contribution is 7.47. The quantitative estimate of drug-likeness (QED) is 0.674. The van der Waals surface area contributed by atoms with Gasteiger partial charge in [0, 0.05) is 18.5 Å². The van der Waals surface area contributed by atoms with E-state index >= 15 is 0 Å². The Labute approximate surface area is 70.6 Å². The van der Waals surface area contributed by atoms with Crippen molar-refractivity contribution >= 4 is 18.1 Å². The molecule has 0 bridgehead atoms. The fourth-order valence-electron chi connectivity index (χ4n) is 0.741. The Balaban J connectivity index is 3.09. The van der Waals surface area contributed by atoms with Gasteiger partial charge in [-0.2, -0.15) is 4.36 Å². The number of nitrogens with zero attached hydrogens (tertiary/aromatic N) is 2. The molecule has 4 heteroatoms. The summed E-state index contributed by atoms with van der Waals surface area (Å²) in [5.74, 6) is 0.588. The highest BCUT2D eigenvalue weighted by Gasteiger charge is 1.98. The van der Waals surface area contributed by atoms with Crippen LogP contribution in [0.15, 0.2) is 16.5 Å². The minimum Gasteiger partial charge on any atom is -0.481 e. The molecule has 0 saturated heterocycles. The van der Waals surface area contributed by atoms with E-state index in [-0.39, 0.29) is 0 Å². The van der Waals surface area contributed by atoms with E-state index in [0.29, 0.717) is 5.88 Å². The van der Waals surface area contributed by atoms with E-state index in [1.807, 2.05) is 6.92 Å². The molecule has 1 heterocycles. The van der Waals surface area contributed by atoms with Crippen LogP contribution >= 0.6 is 0 Å². The summed E-state index contributed by atoms with van der Waals surface area (Å²) in [6.07, 6.45) is 0. The highest BCUT2D eigenvalue weighted by atomic mass is 32.1. The van der Waals surface area contributed by atoms with Gasteiger partial charge in [0.25, 0.3) is 0 Å². The molecule has 0 radical (unpaired) electrons. The Morgan fingerprint density at radius 1 is 1.55 bits per heavy atom. The molecule has 0 atom stereocenters. The number of pyridine rings is 1. The number of rotatable bonds is 2. The van der Waals surface area contributed by atoms with Gasteiger partial charge in [-0.1, -0.05) is 0 Å². The van der Waals surface area contributed by atoms with Crippen molar-refractivity contribution in [3.8, 4) is 5.88 Å². The summed E-state index contributed by atoms with van der Waals surface area (Å²) in [6.45, 7) is 1.84. The first kappa shape index (κ1) is 8.07. The smallest absolute Gasteiger partial charge is 0.213 e. The minimum absolute atomic E-state index is 0.588. The van der Waals surface area contributed by atoms with Crippen molar-refractivity contribution in [3.05, 3.63) is 17.8 Å². The summed E-state index contributed by atoms with van der Waals surface area (Å²) >= 11 is 4.53. The molecule has 0 aliphatic carbocycles. The Morgan fingerprint density at radius 3 is 2.73 bits per heavy atom. The molecule has 0 aromatic carbocycles. The lowest BCUT2D eigenvalue weighted by molar-refractivity contribution is 0.397. The molecule has 0 spiro atoms. The summed E-state index contributed by atoms with van der Waals surface area (Å²) in [5.41, 5.74) is 1.51. The molecule has 0 fully saturated rings. The topological polar surface area (TPSA) is 34.5 Å². The largest absolute Gasteiger partial charge is 0.481 e. The summed E-state index contributed by atoms with van der Waals surface area (Å²) in [6, 6.07) is 3.52. The average molecular weight is 168 g/mol. The number of hydrogen-bond acceptors (Lipinski definition) is 4. The first-order valence-corrected chi connectivity index (χ1v) is 3.49. The number of hydrogen-bond donors (Lipinski definition) is 0. The summed E-state index contributed by atoms with van der Waals surface area (Å²) in [7, 11) is 1.58. The van der Waals surface area contributed by atoms with Crippen LogP contribution in [0.5, 0.6) is 5.88 Å². The molecule has 0 N–H and O–H groups in total. The van der Waals surface area contributed by atoms with E-state index in [2.05, 4.69) is 21.8 Å². The molecule has 58 valence electrons. The standard InChI is InChI=1S/C7H8N2OS/c1-5-6(9-11)3-4-7(8-5)10-2/h3-4H,1-2H3. The maximum Gasteiger partial charge on any atom is 0.213 e. The maximum atomic E-state index is 4.91. The van der Waals surface area contributed by atoms with E-state index in [9.17, 15) is 0 Å². The monoisotopic (exact) mass is 168 g/mol. The lowest BCUT2D eigenvalue weighted by Crippen LogP contribution is -1.88. The van der Waals surface area contributed by atoms with Crippen LogP contribution in [-0.2, 0) is 12.4 Å². The van der Waals surface area contributed by atoms with Crippen LogP contribution < -0.4 is 4.74 Å². The Morgan fingerprint density at radius 2 is 2.27 bits per heavy atom. The Bertz CT molecular complexity index is 275. The van der Waals surface area contributed by atoms with E-state index in [1.165, 1.54) is 0 Å². The van der Waals surface area contributed by atoms with Crippen LogP contribution in [0.2, 0.25) is 0 Å². The van der Waals surface area contributed by atoms with Gasteiger partial charge in [-0.25, -0.2) is 4.98 Å². The minimum atomic E-state index is 0.588. The molecular weight excluding hydrogens is 160 g/mol. The van der Waals surface area contributed by atoms with Crippen molar-refractivity contribution in [3.63, 3.8) is 0 Å². The summed E-state index contributed by atoms with van der Waals surface area (Å²) < 4.78 is 8.52. The van der Waals surface area contributed by atoms with Gasteiger partial charge in [-0.15, -0.1) is 0 Å². The molecule has 0 aliphatic heterocycles. The number of aromatic nitrogens is 1. The molecule has 0 unspecified atom stereocenters. The molecule has 11 heavy (non-hydrogen) atoms. The van der Waals surface area contributed by atoms with Gasteiger partial charge in [0.15, 0.2) is 0 Å². The van der Waals surface area contributed by atoms with Crippen molar-refractivity contribution in [2.75, 3.05) is 7.11 Å². The third-order valence-electron chi connectivity index (χ3n) is 1.34. The second-order valence-corrected chi connectivity index (χ2v) is 2.23. The predicted molar refractivity (Wildman–Crippen MR) is 45.0 cm³/mol. The Hall–Kier alpha value is -1.03. The molecule has 3 nitrogen and oxygen atoms in total. The second-order valence-electron chi connectivity index (χ2n) is 2.05. The molecule has 1 aromatic rings. The van der Waals surface area contributed by atoms with Crippen molar-refractivity contribution in [2.24, 2.45) is 4.36 Å². The van der Waals surface area contributed by atoms with Crippen molar-refractivity contribution in [2.45, 2.75) is 6.92 Å². The zero-order valence-corrected chi connectivity index (χ0v) is 7.18. The van der Waals surface area contributed by atoms with Gasteiger partial charge in [0.1, 0.15) is 0 Å².